The second kappa shape index (κ2) is 7.20. The smallest absolute Gasteiger partial charge is 0.137 e. The topological polar surface area (TPSA) is 34.9 Å². The van der Waals surface area contributed by atoms with Crippen LogP contribution in [0.4, 0.5) is 0 Å². The Kier molecular flexibility index (Phi) is 5.83. The highest BCUT2D eigenvalue weighted by atomic mass is 16.1. The Morgan fingerprint density at radius 2 is 2.06 bits per heavy atom. The summed E-state index contributed by atoms with van der Waals surface area (Å²) in [6.45, 7) is 2.20. The van der Waals surface area contributed by atoms with Crippen molar-refractivity contribution in [3.05, 3.63) is 18.0 Å². The maximum atomic E-state index is 11.6. The quantitative estimate of drug-likeness (QED) is 0.634. The molecule has 3 heteroatoms. The zero-order valence-electron chi connectivity index (χ0n) is 10.4. The summed E-state index contributed by atoms with van der Waals surface area (Å²) in [6, 6.07) is 0. The van der Waals surface area contributed by atoms with Crippen LogP contribution >= 0.6 is 0 Å². The SMILES string of the molecule is CCCCCCCC(=O)Cc1cnn(C)c1. The third-order valence-corrected chi connectivity index (χ3v) is 2.72. The first kappa shape index (κ1) is 12.9. The van der Waals surface area contributed by atoms with E-state index in [-0.39, 0.29) is 0 Å². The first-order valence-corrected chi connectivity index (χ1v) is 6.21. The van der Waals surface area contributed by atoms with Gasteiger partial charge in [-0.2, -0.15) is 5.10 Å². The second-order valence-corrected chi connectivity index (χ2v) is 4.40. The molecular weight excluding hydrogens is 200 g/mol. The fourth-order valence-electron chi connectivity index (χ4n) is 1.80. The van der Waals surface area contributed by atoms with Crippen molar-refractivity contribution < 1.29 is 4.79 Å². The van der Waals surface area contributed by atoms with Gasteiger partial charge in [-0.3, -0.25) is 9.48 Å². The predicted octanol–water partition coefficient (Wildman–Crippen LogP) is 2.89. The minimum absolute atomic E-state index is 0.337. The van der Waals surface area contributed by atoms with Gasteiger partial charge in [-0.1, -0.05) is 32.6 Å². The number of hydrogen-bond acceptors (Lipinski definition) is 2. The molecule has 0 saturated carbocycles. The number of unbranched alkanes of at least 4 members (excludes halogenated alkanes) is 4. The minimum atomic E-state index is 0.337. The molecule has 0 aliphatic rings. The number of ketones is 1. The van der Waals surface area contributed by atoms with Crippen LogP contribution in [0, 0.1) is 0 Å². The molecule has 0 atom stereocenters. The molecule has 0 radical (unpaired) electrons. The zero-order chi connectivity index (χ0) is 11.8. The average molecular weight is 222 g/mol. The standard InChI is InChI=1S/C13H22N2O/c1-3-4-5-6-7-8-13(16)9-12-10-14-15(2)11-12/h10-11H,3-9H2,1-2H3. The van der Waals surface area contributed by atoms with Crippen molar-refractivity contribution in [2.75, 3.05) is 0 Å². The molecule has 1 rings (SSSR count). The van der Waals surface area contributed by atoms with Gasteiger partial charge in [0.1, 0.15) is 5.78 Å². The molecule has 0 fully saturated rings. The molecule has 0 aliphatic carbocycles. The number of Topliss-reactive ketones (excluding diaryl/α,β-unsaturated/α-hetero) is 1. The number of nitrogens with zero attached hydrogens (tertiary/aromatic N) is 2. The molecule has 0 amide bonds. The molecule has 1 aromatic rings. The largest absolute Gasteiger partial charge is 0.299 e. The van der Waals surface area contributed by atoms with Gasteiger partial charge < -0.3 is 0 Å². The van der Waals surface area contributed by atoms with E-state index in [1.807, 2.05) is 13.2 Å². The number of rotatable bonds is 8. The normalized spacial score (nSPS) is 10.6. The van der Waals surface area contributed by atoms with E-state index >= 15 is 0 Å². The Morgan fingerprint density at radius 1 is 1.31 bits per heavy atom. The average Bonchev–Trinajstić information content (AvgIpc) is 2.63. The van der Waals surface area contributed by atoms with E-state index in [9.17, 15) is 4.79 Å². The third kappa shape index (κ3) is 5.10. The molecule has 0 spiro atoms. The molecule has 16 heavy (non-hydrogen) atoms. The molecule has 0 saturated heterocycles. The number of carbonyl (C=O) groups excluding carboxylic acids is 1. The molecule has 0 bridgehead atoms. The van der Waals surface area contributed by atoms with E-state index in [4.69, 9.17) is 0 Å². The van der Waals surface area contributed by atoms with Gasteiger partial charge in [-0.15, -0.1) is 0 Å². The third-order valence-electron chi connectivity index (χ3n) is 2.72. The highest BCUT2D eigenvalue weighted by Crippen LogP contribution is 2.07. The van der Waals surface area contributed by atoms with Crippen molar-refractivity contribution in [2.45, 2.75) is 51.9 Å². The van der Waals surface area contributed by atoms with Crippen LogP contribution in [-0.2, 0) is 18.3 Å². The number of hydrogen-bond donors (Lipinski definition) is 0. The first-order valence-electron chi connectivity index (χ1n) is 6.21. The first-order chi connectivity index (χ1) is 7.72. The van der Waals surface area contributed by atoms with Crippen molar-refractivity contribution in [1.82, 2.24) is 9.78 Å². The van der Waals surface area contributed by atoms with Gasteiger partial charge in [0, 0.05) is 26.1 Å². The van der Waals surface area contributed by atoms with Gasteiger partial charge in [0.05, 0.1) is 6.20 Å². The second-order valence-electron chi connectivity index (χ2n) is 4.40. The summed E-state index contributed by atoms with van der Waals surface area (Å²) < 4.78 is 1.74. The van der Waals surface area contributed by atoms with Gasteiger partial charge in [0.15, 0.2) is 0 Å². The van der Waals surface area contributed by atoms with Crippen LogP contribution in [-0.4, -0.2) is 15.6 Å². The summed E-state index contributed by atoms with van der Waals surface area (Å²) in [7, 11) is 1.87. The monoisotopic (exact) mass is 222 g/mol. The van der Waals surface area contributed by atoms with Crippen molar-refractivity contribution in [2.24, 2.45) is 7.05 Å². The maximum absolute atomic E-state index is 11.6. The lowest BCUT2D eigenvalue weighted by Crippen LogP contribution is -2.01. The molecular formula is C13H22N2O. The summed E-state index contributed by atoms with van der Waals surface area (Å²) in [5.41, 5.74) is 1.03. The van der Waals surface area contributed by atoms with Crippen LogP contribution in [0.2, 0.25) is 0 Å². The van der Waals surface area contributed by atoms with Gasteiger partial charge >= 0.3 is 0 Å². The Hall–Kier alpha value is -1.12. The molecule has 3 nitrogen and oxygen atoms in total. The summed E-state index contributed by atoms with van der Waals surface area (Å²) in [5.74, 6) is 0.337. The van der Waals surface area contributed by atoms with Gasteiger partial charge in [-0.25, -0.2) is 0 Å². The summed E-state index contributed by atoms with van der Waals surface area (Å²) >= 11 is 0. The fourth-order valence-corrected chi connectivity index (χ4v) is 1.80. The van der Waals surface area contributed by atoms with E-state index in [1.165, 1.54) is 25.7 Å². The molecule has 0 aliphatic heterocycles. The highest BCUT2D eigenvalue weighted by molar-refractivity contribution is 5.80. The lowest BCUT2D eigenvalue weighted by Gasteiger charge is -1.99. The van der Waals surface area contributed by atoms with E-state index in [1.54, 1.807) is 10.9 Å². The summed E-state index contributed by atoms with van der Waals surface area (Å²) in [4.78, 5) is 11.6. The van der Waals surface area contributed by atoms with Crippen molar-refractivity contribution in [3.8, 4) is 0 Å². The predicted molar refractivity (Wildman–Crippen MR) is 65.3 cm³/mol. The van der Waals surface area contributed by atoms with Crippen molar-refractivity contribution in [3.63, 3.8) is 0 Å². The van der Waals surface area contributed by atoms with Crippen LogP contribution in [0.1, 0.15) is 51.0 Å². The molecule has 90 valence electrons. The molecule has 0 unspecified atom stereocenters. The van der Waals surface area contributed by atoms with E-state index in [0.29, 0.717) is 12.2 Å². The van der Waals surface area contributed by atoms with Crippen LogP contribution in [0.5, 0.6) is 0 Å². The number of carbonyl (C=O) groups is 1. The van der Waals surface area contributed by atoms with Crippen LogP contribution in [0.25, 0.3) is 0 Å². The molecule has 0 aromatic carbocycles. The lowest BCUT2D eigenvalue weighted by atomic mass is 10.1. The van der Waals surface area contributed by atoms with Gasteiger partial charge in [0.2, 0.25) is 0 Å². The van der Waals surface area contributed by atoms with Crippen molar-refractivity contribution in [1.29, 1.82) is 0 Å². The Balaban J connectivity index is 2.11. The highest BCUT2D eigenvalue weighted by Gasteiger charge is 2.04. The van der Waals surface area contributed by atoms with E-state index < -0.39 is 0 Å². The van der Waals surface area contributed by atoms with Gasteiger partial charge in [-0.05, 0) is 12.0 Å². The Morgan fingerprint density at radius 3 is 2.69 bits per heavy atom. The fraction of sp³-hybridized carbons (Fsp3) is 0.692. The summed E-state index contributed by atoms with van der Waals surface area (Å²) in [6.07, 6.45) is 11.0. The van der Waals surface area contributed by atoms with E-state index in [2.05, 4.69) is 12.0 Å². The summed E-state index contributed by atoms with van der Waals surface area (Å²) in [5, 5.41) is 4.05. The van der Waals surface area contributed by atoms with Gasteiger partial charge in [0.25, 0.3) is 0 Å². The van der Waals surface area contributed by atoms with Crippen LogP contribution < -0.4 is 0 Å². The number of aryl methyl sites for hydroxylation is 1. The maximum Gasteiger partial charge on any atom is 0.137 e. The molecule has 1 heterocycles. The van der Waals surface area contributed by atoms with Crippen molar-refractivity contribution >= 4 is 5.78 Å². The lowest BCUT2D eigenvalue weighted by molar-refractivity contribution is -0.118. The van der Waals surface area contributed by atoms with E-state index in [0.717, 1.165) is 18.4 Å². The molecule has 0 N–H and O–H groups in total. The minimum Gasteiger partial charge on any atom is -0.299 e. The van der Waals surface area contributed by atoms with Crippen LogP contribution in [0.15, 0.2) is 12.4 Å². The van der Waals surface area contributed by atoms with Crippen LogP contribution in [0.3, 0.4) is 0 Å². The Bertz CT molecular complexity index is 317. The number of aromatic nitrogens is 2. The Labute approximate surface area is 97.8 Å². The molecule has 1 aromatic heterocycles. The zero-order valence-corrected chi connectivity index (χ0v) is 10.4.